The first-order valence-electron chi connectivity index (χ1n) is 10.7. The molecule has 0 atom stereocenters. The number of fused-ring (bicyclic) bond motifs is 1. The molecule has 0 spiro atoms. The Morgan fingerprint density at radius 2 is 1.55 bits per heavy atom. The molecule has 2 N–H and O–H groups in total. The van der Waals surface area contributed by atoms with Crippen LogP contribution in [0.15, 0.2) is 72.8 Å². The van der Waals surface area contributed by atoms with Crippen molar-refractivity contribution in [2.24, 2.45) is 0 Å². The molecule has 0 bridgehead atoms. The van der Waals surface area contributed by atoms with Gasteiger partial charge in [-0.1, -0.05) is 45.0 Å². The van der Waals surface area contributed by atoms with Gasteiger partial charge in [0.25, 0.3) is 5.91 Å². The summed E-state index contributed by atoms with van der Waals surface area (Å²) in [5, 5.41) is 5.69. The fourth-order valence-corrected chi connectivity index (χ4v) is 3.37. The molecule has 1 aliphatic rings. The van der Waals surface area contributed by atoms with Gasteiger partial charge in [-0.2, -0.15) is 0 Å². The number of anilines is 2. The topological polar surface area (TPSA) is 76.7 Å². The van der Waals surface area contributed by atoms with Gasteiger partial charge in [-0.05, 0) is 65.1 Å². The number of ether oxygens (including phenoxy) is 2. The van der Waals surface area contributed by atoms with E-state index >= 15 is 0 Å². The number of carbonyl (C=O) groups excluding carboxylic acids is 2. The van der Waals surface area contributed by atoms with Crippen LogP contribution in [-0.4, -0.2) is 18.6 Å². The SMILES string of the molecule is CC(C)(C)c1ccc(C(=O)Nc2cccc(NC(=O)/C=C/c3ccc4c(c3)OCO4)c2)cc1. The Balaban J connectivity index is 1.37. The van der Waals surface area contributed by atoms with Crippen LogP contribution in [0.25, 0.3) is 6.08 Å². The summed E-state index contributed by atoms with van der Waals surface area (Å²) in [7, 11) is 0. The highest BCUT2D eigenvalue weighted by molar-refractivity contribution is 6.05. The van der Waals surface area contributed by atoms with E-state index in [0.717, 1.165) is 11.1 Å². The number of amides is 2. The van der Waals surface area contributed by atoms with E-state index in [1.54, 1.807) is 30.3 Å². The zero-order chi connectivity index (χ0) is 23.4. The molecular weight excluding hydrogens is 416 g/mol. The molecule has 3 aromatic rings. The summed E-state index contributed by atoms with van der Waals surface area (Å²) in [6, 6.07) is 20.1. The Morgan fingerprint density at radius 1 is 0.848 bits per heavy atom. The Labute approximate surface area is 193 Å². The van der Waals surface area contributed by atoms with E-state index in [-0.39, 0.29) is 24.0 Å². The highest BCUT2D eigenvalue weighted by atomic mass is 16.7. The number of hydrogen-bond acceptors (Lipinski definition) is 4. The lowest BCUT2D eigenvalue weighted by molar-refractivity contribution is -0.111. The minimum atomic E-state index is -0.283. The minimum absolute atomic E-state index is 0.0265. The number of rotatable bonds is 5. The van der Waals surface area contributed by atoms with Gasteiger partial charge in [0, 0.05) is 23.0 Å². The van der Waals surface area contributed by atoms with Crippen molar-refractivity contribution in [3.63, 3.8) is 0 Å². The molecule has 6 heteroatoms. The summed E-state index contributed by atoms with van der Waals surface area (Å²) < 4.78 is 10.6. The van der Waals surface area contributed by atoms with Crippen molar-refractivity contribution in [2.45, 2.75) is 26.2 Å². The first kappa shape index (κ1) is 22.1. The van der Waals surface area contributed by atoms with Crippen molar-refractivity contribution in [1.82, 2.24) is 0 Å². The lowest BCUT2D eigenvalue weighted by atomic mass is 9.87. The molecule has 0 saturated carbocycles. The van der Waals surface area contributed by atoms with Gasteiger partial charge in [0.2, 0.25) is 12.7 Å². The molecule has 168 valence electrons. The van der Waals surface area contributed by atoms with E-state index in [0.29, 0.717) is 28.4 Å². The second-order valence-corrected chi connectivity index (χ2v) is 8.80. The highest BCUT2D eigenvalue weighted by Gasteiger charge is 2.15. The van der Waals surface area contributed by atoms with Crippen LogP contribution in [-0.2, 0) is 10.2 Å². The van der Waals surface area contributed by atoms with Crippen molar-refractivity contribution in [3.8, 4) is 11.5 Å². The van der Waals surface area contributed by atoms with Gasteiger partial charge in [-0.3, -0.25) is 9.59 Å². The molecule has 0 aliphatic carbocycles. The predicted molar refractivity (Wildman–Crippen MR) is 130 cm³/mol. The van der Waals surface area contributed by atoms with Crippen LogP contribution < -0.4 is 20.1 Å². The molecule has 0 fully saturated rings. The normalized spacial score (nSPS) is 12.6. The molecule has 1 heterocycles. The molecule has 0 radical (unpaired) electrons. The third-order valence-corrected chi connectivity index (χ3v) is 5.22. The lowest BCUT2D eigenvalue weighted by Crippen LogP contribution is -2.14. The average molecular weight is 443 g/mol. The first-order valence-corrected chi connectivity index (χ1v) is 10.7. The van der Waals surface area contributed by atoms with Crippen molar-refractivity contribution in [3.05, 3.63) is 89.5 Å². The number of nitrogens with one attached hydrogen (secondary N) is 2. The molecule has 4 rings (SSSR count). The summed E-state index contributed by atoms with van der Waals surface area (Å²) in [5.41, 5.74) is 3.77. The molecule has 6 nitrogen and oxygen atoms in total. The van der Waals surface area contributed by atoms with Gasteiger partial charge >= 0.3 is 0 Å². The molecule has 3 aromatic carbocycles. The molecule has 0 aromatic heterocycles. The lowest BCUT2D eigenvalue weighted by Gasteiger charge is -2.19. The van der Waals surface area contributed by atoms with Gasteiger partial charge in [0.15, 0.2) is 11.5 Å². The second-order valence-electron chi connectivity index (χ2n) is 8.80. The van der Waals surface area contributed by atoms with Gasteiger partial charge < -0.3 is 20.1 Å². The fraction of sp³-hybridized carbons (Fsp3) is 0.185. The summed E-state index contributed by atoms with van der Waals surface area (Å²) in [6.07, 6.45) is 3.14. The zero-order valence-corrected chi connectivity index (χ0v) is 18.8. The third kappa shape index (κ3) is 5.60. The quantitative estimate of drug-likeness (QED) is 0.503. The maximum absolute atomic E-state index is 12.6. The summed E-state index contributed by atoms with van der Waals surface area (Å²) in [6.45, 7) is 6.60. The second kappa shape index (κ2) is 9.20. The fourth-order valence-electron chi connectivity index (χ4n) is 3.37. The number of carbonyl (C=O) groups is 2. The molecule has 33 heavy (non-hydrogen) atoms. The smallest absolute Gasteiger partial charge is 0.255 e. The first-order chi connectivity index (χ1) is 15.8. The monoisotopic (exact) mass is 442 g/mol. The molecule has 0 unspecified atom stereocenters. The average Bonchev–Trinajstić information content (AvgIpc) is 3.25. The van der Waals surface area contributed by atoms with E-state index in [4.69, 9.17) is 9.47 Å². The van der Waals surface area contributed by atoms with E-state index in [1.807, 2.05) is 42.5 Å². The van der Waals surface area contributed by atoms with Crippen molar-refractivity contribution in [2.75, 3.05) is 17.4 Å². The standard InChI is InChI=1S/C27H26N2O4/c1-27(2,3)20-11-9-19(10-12-20)26(31)29-22-6-4-5-21(16-22)28-25(30)14-8-18-7-13-23-24(15-18)33-17-32-23/h4-16H,17H2,1-3H3,(H,28,30)(H,29,31)/b14-8+. The third-order valence-electron chi connectivity index (χ3n) is 5.22. The summed E-state index contributed by atoms with van der Waals surface area (Å²) in [5.74, 6) is 0.866. The van der Waals surface area contributed by atoms with Crippen LogP contribution in [0.3, 0.4) is 0 Å². The Bertz CT molecular complexity index is 1210. The summed E-state index contributed by atoms with van der Waals surface area (Å²) >= 11 is 0. The van der Waals surface area contributed by atoms with Gasteiger partial charge in [-0.15, -0.1) is 0 Å². The van der Waals surface area contributed by atoms with E-state index in [9.17, 15) is 9.59 Å². The van der Waals surface area contributed by atoms with E-state index < -0.39 is 0 Å². The van der Waals surface area contributed by atoms with Crippen LogP contribution in [0.4, 0.5) is 11.4 Å². The van der Waals surface area contributed by atoms with Gasteiger partial charge in [-0.25, -0.2) is 0 Å². The number of hydrogen-bond donors (Lipinski definition) is 2. The van der Waals surface area contributed by atoms with Crippen LogP contribution in [0, 0.1) is 0 Å². The van der Waals surface area contributed by atoms with Crippen LogP contribution >= 0.6 is 0 Å². The molecule has 1 aliphatic heterocycles. The molecule has 2 amide bonds. The maximum Gasteiger partial charge on any atom is 0.255 e. The van der Waals surface area contributed by atoms with Crippen LogP contribution in [0.2, 0.25) is 0 Å². The van der Waals surface area contributed by atoms with Crippen LogP contribution in [0.1, 0.15) is 42.3 Å². The van der Waals surface area contributed by atoms with Crippen LogP contribution in [0.5, 0.6) is 11.5 Å². The molecular formula is C27H26N2O4. The molecule has 0 saturated heterocycles. The highest BCUT2D eigenvalue weighted by Crippen LogP contribution is 2.32. The van der Waals surface area contributed by atoms with E-state index in [2.05, 4.69) is 31.4 Å². The van der Waals surface area contributed by atoms with Gasteiger partial charge in [0.05, 0.1) is 0 Å². The summed E-state index contributed by atoms with van der Waals surface area (Å²) in [4.78, 5) is 25.0. The van der Waals surface area contributed by atoms with Crippen molar-refractivity contribution in [1.29, 1.82) is 0 Å². The van der Waals surface area contributed by atoms with Crippen molar-refractivity contribution >= 4 is 29.3 Å². The maximum atomic E-state index is 12.6. The largest absolute Gasteiger partial charge is 0.454 e. The minimum Gasteiger partial charge on any atom is -0.454 e. The van der Waals surface area contributed by atoms with Crippen molar-refractivity contribution < 1.29 is 19.1 Å². The Morgan fingerprint density at radius 3 is 2.27 bits per heavy atom. The Kier molecular flexibility index (Phi) is 6.18. The Hall–Kier alpha value is -4.06. The number of benzene rings is 3. The predicted octanol–water partition coefficient (Wildman–Crippen LogP) is 5.62. The van der Waals surface area contributed by atoms with E-state index in [1.165, 1.54) is 6.08 Å². The zero-order valence-electron chi connectivity index (χ0n) is 18.8. The van der Waals surface area contributed by atoms with Gasteiger partial charge in [0.1, 0.15) is 0 Å².